The predicted octanol–water partition coefficient (Wildman–Crippen LogP) is 2.77. The number of hydrogen-bond acceptors (Lipinski definition) is 7. The number of hydroxylamine groups is 2. The van der Waals surface area contributed by atoms with Crippen LogP contribution in [0.15, 0.2) is 34.7 Å². The third-order valence-corrected chi connectivity index (χ3v) is 6.98. The summed E-state index contributed by atoms with van der Waals surface area (Å²) in [7, 11) is -4.55. The molecule has 0 aliphatic rings. The molecule has 0 radical (unpaired) electrons. The van der Waals surface area contributed by atoms with Crippen LogP contribution >= 0.6 is 7.60 Å². The number of carbonyl (C=O) groups excluding carboxylic acids is 3. The van der Waals surface area contributed by atoms with Gasteiger partial charge in [-0.15, -0.1) is 0 Å². The van der Waals surface area contributed by atoms with Gasteiger partial charge in [0, 0.05) is 5.56 Å². The molecular formula is C25H36N3O9P. The zero-order valence-corrected chi connectivity index (χ0v) is 22.6. The molecule has 2 atom stereocenters. The van der Waals surface area contributed by atoms with Crippen molar-refractivity contribution in [2.75, 3.05) is 13.3 Å². The molecule has 0 aliphatic carbocycles. The first-order chi connectivity index (χ1) is 18.1. The largest absolute Gasteiger partial charge is 0.493 e. The quantitative estimate of drug-likeness (QED) is 0.0522. The summed E-state index contributed by atoms with van der Waals surface area (Å²) in [6.45, 7) is 5.47. The van der Waals surface area contributed by atoms with E-state index in [2.05, 4.69) is 10.6 Å². The van der Waals surface area contributed by atoms with E-state index in [1.54, 1.807) is 13.8 Å². The second-order valence-corrected chi connectivity index (χ2v) is 10.2. The maximum Gasteiger partial charge on any atom is 0.359 e. The van der Waals surface area contributed by atoms with Gasteiger partial charge in [0.25, 0.3) is 5.91 Å². The number of ether oxygens (including phenoxy) is 1. The average molecular weight is 554 g/mol. The van der Waals surface area contributed by atoms with Gasteiger partial charge in [0.15, 0.2) is 5.76 Å². The molecule has 1 heterocycles. The highest BCUT2D eigenvalue weighted by molar-refractivity contribution is 7.60. The zero-order chi connectivity index (χ0) is 28.3. The molecule has 0 saturated heterocycles. The Kier molecular flexibility index (Phi) is 12.0. The molecule has 38 heavy (non-hydrogen) atoms. The van der Waals surface area contributed by atoms with E-state index in [1.165, 1.54) is 30.3 Å². The van der Waals surface area contributed by atoms with Crippen LogP contribution in [0.5, 0.6) is 5.75 Å². The molecule has 13 heteroatoms. The fourth-order valence-electron chi connectivity index (χ4n) is 4.07. The highest BCUT2D eigenvalue weighted by atomic mass is 31.2. The summed E-state index contributed by atoms with van der Waals surface area (Å²) < 4.78 is 22.7. The predicted molar refractivity (Wildman–Crippen MR) is 139 cm³/mol. The SMILES string of the molecule is CCCCC[C@@H](C(=O)NCNC(=O)c1ccc(-c2ccc(P(=O)(O)O)c(OCC)c2)o1)[C@@H](CC)N(O)C=O. The lowest BCUT2D eigenvalue weighted by Gasteiger charge is -2.29. The Morgan fingerprint density at radius 2 is 1.87 bits per heavy atom. The van der Waals surface area contributed by atoms with Crippen LogP contribution in [0, 0.1) is 5.92 Å². The molecule has 1 aromatic carbocycles. The lowest BCUT2D eigenvalue weighted by atomic mass is 9.90. The van der Waals surface area contributed by atoms with Crippen molar-refractivity contribution >= 4 is 31.1 Å². The molecule has 5 N–H and O–H groups in total. The van der Waals surface area contributed by atoms with Crippen molar-refractivity contribution < 1.29 is 43.1 Å². The van der Waals surface area contributed by atoms with Crippen molar-refractivity contribution in [3.8, 4) is 17.1 Å². The number of hydrogen-bond donors (Lipinski definition) is 5. The van der Waals surface area contributed by atoms with Crippen molar-refractivity contribution in [2.45, 2.75) is 58.9 Å². The summed E-state index contributed by atoms with van der Waals surface area (Å²) in [6, 6.07) is 6.39. The van der Waals surface area contributed by atoms with Gasteiger partial charge in [-0.1, -0.05) is 39.2 Å². The number of benzene rings is 1. The summed E-state index contributed by atoms with van der Waals surface area (Å²) in [5.41, 5.74) is 0.447. The maximum absolute atomic E-state index is 12.8. The van der Waals surface area contributed by atoms with E-state index < -0.39 is 31.4 Å². The van der Waals surface area contributed by atoms with Crippen LogP contribution in [0.3, 0.4) is 0 Å². The molecule has 0 unspecified atom stereocenters. The third-order valence-electron chi connectivity index (χ3n) is 5.99. The van der Waals surface area contributed by atoms with Crippen LogP contribution in [0.4, 0.5) is 0 Å². The van der Waals surface area contributed by atoms with Crippen LogP contribution < -0.4 is 20.7 Å². The van der Waals surface area contributed by atoms with Crippen LogP contribution in [-0.2, 0) is 14.2 Å². The summed E-state index contributed by atoms with van der Waals surface area (Å²) >= 11 is 0. The number of furan rings is 1. The van der Waals surface area contributed by atoms with E-state index in [4.69, 9.17) is 9.15 Å². The van der Waals surface area contributed by atoms with E-state index in [0.717, 1.165) is 19.3 Å². The number of carbonyl (C=O) groups is 3. The minimum atomic E-state index is -4.55. The third kappa shape index (κ3) is 8.42. The number of rotatable bonds is 16. The molecule has 210 valence electrons. The van der Waals surface area contributed by atoms with Gasteiger partial charge >= 0.3 is 7.60 Å². The molecule has 0 aliphatic heterocycles. The van der Waals surface area contributed by atoms with Crippen LogP contribution in [0.2, 0.25) is 0 Å². The molecular weight excluding hydrogens is 517 g/mol. The molecule has 2 rings (SSSR count). The highest BCUT2D eigenvalue weighted by Gasteiger charge is 2.30. The van der Waals surface area contributed by atoms with Gasteiger partial charge < -0.3 is 29.6 Å². The molecule has 0 bridgehead atoms. The summed E-state index contributed by atoms with van der Waals surface area (Å²) in [5.74, 6) is -1.40. The van der Waals surface area contributed by atoms with Crippen molar-refractivity contribution in [3.05, 3.63) is 36.1 Å². The van der Waals surface area contributed by atoms with E-state index >= 15 is 0 Å². The van der Waals surface area contributed by atoms with Crippen molar-refractivity contribution in [3.63, 3.8) is 0 Å². The fraction of sp³-hybridized carbons (Fsp3) is 0.480. The van der Waals surface area contributed by atoms with Crippen LogP contribution in [-0.4, -0.2) is 57.6 Å². The number of nitrogens with one attached hydrogen (secondary N) is 2. The standard InChI is InChI=1S/C25H36N3O9P/c1-4-7-8-9-18(19(5-2)28(32)16-29)24(30)26-15-27-25(31)21-12-11-20(37-21)17-10-13-23(38(33,34)35)22(14-17)36-6-3/h10-14,16,18-19,32H,4-9,15H2,1-3H3,(H,26,30)(H,27,31)(H2,33,34,35)/t18-,19-/m1/s1. The molecule has 12 nitrogen and oxygen atoms in total. The Hall–Kier alpha value is -3.18. The number of amides is 3. The molecule has 2 aromatic rings. The van der Waals surface area contributed by atoms with Gasteiger partial charge in [-0.05, 0) is 44.0 Å². The maximum atomic E-state index is 12.8. The molecule has 0 saturated carbocycles. The minimum Gasteiger partial charge on any atom is -0.493 e. The Morgan fingerprint density at radius 3 is 2.47 bits per heavy atom. The topological polar surface area (TPSA) is 179 Å². The molecule has 0 spiro atoms. The lowest BCUT2D eigenvalue weighted by Crippen LogP contribution is -2.47. The van der Waals surface area contributed by atoms with Gasteiger partial charge in [0.1, 0.15) is 16.8 Å². The highest BCUT2D eigenvalue weighted by Crippen LogP contribution is 2.39. The average Bonchev–Trinajstić information content (AvgIpc) is 3.38. The summed E-state index contributed by atoms with van der Waals surface area (Å²) in [5, 5.41) is 15.3. The van der Waals surface area contributed by atoms with Crippen molar-refractivity contribution in [1.82, 2.24) is 15.7 Å². The van der Waals surface area contributed by atoms with Gasteiger partial charge in [0.2, 0.25) is 12.3 Å². The van der Waals surface area contributed by atoms with Gasteiger partial charge in [-0.3, -0.25) is 24.2 Å². The van der Waals surface area contributed by atoms with Gasteiger partial charge in [0.05, 0.1) is 25.2 Å². The van der Waals surface area contributed by atoms with Gasteiger partial charge in [-0.25, -0.2) is 5.06 Å². The Balaban J connectivity index is 2.06. The molecule has 3 amide bonds. The Morgan fingerprint density at radius 1 is 1.13 bits per heavy atom. The Labute approximate surface area is 221 Å². The smallest absolute Gasteiger partial charge is 0.359 e. The van der Waals surface area contributed by atoms with E-state index in [1.807, 2.05) is 6.92 Å². The summed E-state index contributed by atoms with van der Waals surface area (Å²) in [6.07, 6.45) is 3.73. The van der Waals surface area contributed by atoms with E-state index in [9.17, 15) is 33.9 Å². The monoisotopic (exact) mass is 553 g/mol. The number of unbranched alkanes of at least 4 members (excludes halogenated alkanes) is 2. The lowest BCUT2D eigenvalue weighted by molar-refractivity contribution is -0.168. The number of nitrogens with zero attached hydrogens (tertiary/aromatic N) is 1. The minimum absolute atomic E-state index is 0.0124. The normalized spacial score (nSPS) is 12.9. The first kappa shape index (κ1) is 31.0. The second-order valence-electron chi connectivity index (χ2n) is 8.61. The fourth-order valence-corrected chi connectivity index (χ4v) is 4.76. The van der Waals surface area contributed by atoms with E-state index in [0.29, 0.717) is 23.5 Å². The summed E-state index contributed by atoms with van der Waals surface area (Å²) in [4.78, 5) is 55.5. The second kappa shape index (κ2) is 14.7. The van der Waals surface area contributed by atoms with Crippen LogP contribution in [0.25, 0.3) is 11.3 Å². The Bertz CT molecular complexity index is 1130. The van der Waals surface area contributed by atoms with E-state index in [-0.39, 0.29) is 42.3 Å². The van der Waals surface area contributed by atoms with Crippen LogP contribution in [0.1, 0.15) is 63.4 Å². The van der Waals surface area contributed by atoms with Gasteiger partial charge in [-0.2, -0.15) is 0 Å². The first-order valence-electron chi connectivity index (χ1n) is 12.5. The van der Waals surface area contributed by atoms with Crippen molar-refractivity contribution in [1.29, 1.82) is 0 Å². The van der Waals surface area contributed by atoms with Crippen molar-refractivity contribution in [2.24, 2.45) is 5.92 Å². The molecule has 0 fully saturated rings. The first-order valence-corrected chi connectivity index (χ1v) is 14.1. The molecule has 1 aromatic heterocycles. The zero-order valence-electron chi connectivity index (χ0n) is 21.8.